The molecule has 7 heteroatoms. The quantitative estimate of drug-likeness (QED) is 0.864. The minimum absolute atomic E-state index is 0.767. The molecule has 1 N–H and O–H groups in total. The molecule has 0 atom stereocenters. The van der Waals surface area contributed by atoms with Gasteiger partial charge in [-0.3, -0.25) is 4.68 Å². The standard InChI is InChI=1S/C14H21N7/c1-2-12-9-13(16-5-8-21-11-15-10-17-21)19-14(18-12)20-6-3-4-7-20/h9-11H,2-8H2,1H3,(H,16,18,19). The fraction of sp³-hybridized carbons (Fsp3) is 0.571. The van der Waals surface area contributed by atoms with E-state index in [0.29, 0.717) is 0 Å². The average molecular weight is 287 g/mol. The van der Waals surface area contributed by atoms with Crippen molar-refractivity contribution in [3.8, 4) is 0 Å². The maximum atomic E-state index is 4.64. The summed E-state index contributed by atoms with van der Waals surface area (Å²) in [5.74, 6) is 1.75. The molecule has 0 spiro atoms. The molecule has 3 heterocycles. The molecule has 3 rings (SSSR count). The Morgan fingerprint density at radius 3 is 2.81 bits per heavy atom. The minimum Gasteiger partial charge on any atom is -0.368 e. The Morgan fingerprint density at radius 2 is 2.10 bits per heavy atom. The van der Waals surface area contributed by atoms with Gasteiger partial charge in [-0.1, -0.05) is 6.92 Å². The first kappa shape index (κ1) is 13.8. The second-order valence-corrected chi connectivity index (χ2v) is 5.18. The molecule has 0 saturated carbocycles. The van der Waals surface area contributed by atoms with Crippen LogP contribution in [-0.4, -0.2) is 44.4 Å². The van der Waals surface area contributed by atoms with Crippen molar-refractivity contribution in [3.05, 3.63) is 24.4 Å². The lowest BCUT2D eigenvalue weighted by Gasteiger charge is -2.17. The van der Waals surface area contributed by atoms with Gasteiger partial charge in [-0.2, -0.15) is 10.1 Å². The Morgan fingerprint density at radius 1 is 1.24 bits per heavy atom. The molecule has 1 saturated heterocycles. The van der Waals surface area contributed by atoms with Crippen LogP contribution < -0.4 is 10.2 Å². The number of nitrogens with zero attached hydrogens (tertiary/aromatic N) is 6. The van der Waals surface area contributed by atoms with Crippen molar-refractivity contribution in [1.29, 1.82) is 0 Å². The van der Waals surface area contributed by atoms with Gasteiger partial charge in [-0.25, -0.2) is 9.97 Å². The van der Waals surface area contributed by atoms with Gasteiger partial charge in [0, 0.05) is 31.4 Å². The zero-order valence-electron chi connectivity index (χ0n) is 12.4. The van der Waals surface area contributed by atoms with E-state index in [1.807, 2.05) is 6.07 Å². The van der Waals surface area contributed by atoms with E-state index in [1.54, 1.807) is 17.3 Å². The smallest absolute Gasteiger partial charge is 0.227 e. The highest BCUT2D eigenvalue weighted by Gasteiger charge is 2.16. The predicted molar refractivity (Wildman–Crippen MR) is 81.4 cm³/mol. The molecule has 0 bridgehead atoms. The van der Waals surface area contributed by atoms with Crippen LogP contribution in [0.2, 0.25) is 0 Å². The zero-order valence-corrected chi connectivity index (χ0v) is 12.4. The molecule has 2 aromatic rings. The van der Waals surface area contributed by atoms with Crippen LogP contribution in [0, 0.1) is 0 Å². The van der Waals surface area contributed by atoms with Crippen LogP contribution >= 0.6 is 0 Å². The summed E-state index contributed by atoms with van der Waals surface area (Å²) in [5, 5.41) is 7.44. The van der Waals surface area contributed by atoms with E-state index < -0.39 is 0 Å². The number of hydrogen-bond acceptors (Lipinski definition) is 6. The van der Waals surface area contributed by atoms with Crippen LogP contribution in [0.1, 0.15) is 25.5 Å². The van der Waals surface area contributed by atoms with Crippen molar-refractivity contribution in [2.75, 3.05) is 29.9 Å². The van der Waals surface area contributed by atoms with E-state index >= 15 is 0 Å². The average Bonchev–Trinajstić information content (AvgIpc) is 3.20. The highest BCUT2D eigenvalue weighted by Crippen LogP contribution is 2.19. The monoisotopic (exact) mass is 287 g/mol. The summed E-state index contributed by atoms with van der Waals surface area (Å²) >= 11 is 0. The summed E-state index contributed by atoms with van der Waals surface area (Å²) in [6.45, 7) is 5.78. The first-order chi connectivity index (χ1) is 10.3. The molecule has 21 heavy (non-hydrogen) atoms. The third-order valence-electron chi connectivity index (χ3n) is 3.63. The van der Waals surface area contributed by atoms with Crippen LogP contribution in [0.15, 0.2) is 18.7 Å². The van der Waals surface area contributed by atoms with E-state index in [2.05, 4.69) is 37.2 Å². The number of rotatable bonds is 6. The summed E-state index contributed by atoms with van der Waals surface area (Å²) in [4.78, 5) is 15.5. The second-order valence-electron chi connectivity index (χ2n) is 5.18. The van der Waals surface area contributed by atoms with Crippen LogP contribution in [0.4, 0.5) is 11.8 Å². The summed E-state index contributed by atoms with van der Waals surface area (Å²) in [7, 11) is 0. The fourth-order valence-corrected chi connectivity index (χ4v) is 2.46. The summed E-state index contributed by atoms with van der Waals surface area (Å²) in [6, 6.07) is 2.03. The normalized spacial score (nSPS) is 14.6. The SMILES string of the molecule is CCc1cc(NCCn2cncn2)nc(N2CCCC2)n1. The Bertz CT molecular complexity index is 561. The molecule has 112 valence electrons. The molecular formula is C14H21N7. The topological polar surface area (TPSA) is 71.8 Å². The van der Waals surface area contributed by atoms with E-state index in [9.17, 15) is 0 Å². The molecule has 0 aromatic carbocycles. The third kappa shape index (κ3) is 3.48. The molecule has 1 fully saturated rings. The van der Waals surface area contributed by atoms with Gasteiger partial charge in [0.1, 0.15) is 18.5 Å². The molecule has 0 unspecified atom stereocenters. The Labute approximate surface area is 124 Å². The van der Waals surface area contributed by atoms with Crippen molar-refractivity contribution < 1.29 is 0 Å². The zero-order chi connectivity index (χ0) is 14.5. The van der Waals surface area contributed by atoms with Gasteiger partial charge in [0.05, 0.1) is 6.54 Å². The molecule has 0 amide bonds. The van der Waals surface area contributed by atoms with Crippen LogP contribution in [0.5, 0.6) is 0 Å². The lowest BCUT2D eigenvalue weighted by molar-refractivity contribution is 0.635. The summed E-state index contributed by atoms with van der Waals surface area (Å²) in [5.41, 5.74) is 1.08. The van der Waals surface area contributed by atoms with E-state index in [1.165, 1.54) is 12.8 Å². The second kappa shape index (κ2) is 6.51. The number of aryl methyl sites for hydroxylation is 1. The maximum absolute atomic E-state index is 4.64. The molecule has 7 nitrogen and oxygen atoms in total. The van der Waals surface area contributed by atoms with Gasteiger partial charge in [-0.15, -0.1) is 0 Å². The largest absolute Gasteiger partial charge is 0.368 e. The van der Waals surface area contributed by atoms with Crippen molar-refractivity contribution in [2.45, 2.75) is 32.7 Å². The van der Waals surface area contributed by atoms with Crippen molar-refractivity contribution in [1.82, 2.24) is 24.7 Å². The van der Waals surface area contributed by atoms with E-state index in [4.69, 9.17) is 0 Å². The van der Waals surface area contributed by atoms with Gasteiger partial charge < -0.3 is 10.2 Å². The van der Waals surface area contributed by atoms with Crippen LogP contribution in [-0.2, 0) is 13.0 Å². The number of anilines is 2. The van der Waals surface area contributed by atoms with Gasteiger partial charge in [0.15, 0.2) is 0 Å². The van der Waals surface area contributed by atoms with Crippen LogP contribution in [0.25, 0.3) is 0 Å². The molecule has 2 aromatic heterocycles. The fourth-order valence-electron chi connectivity index (χ4n) is 2.46. The molecule has 1 aliphatic heterocycles. The summed E-state index contributed by atoms with van der Waals surface area (Å²) in [6.07, 6.45) is 6.64. The lowest BCUT2D eigenvalue weighted by atomic mass is 10.3. The molecule has 0 radical (unpaired) electrons. The van der Waals surface area contributed by atoms with Gasteiger partial charge in [0.2, 0.25) is 5.95 Å². The molecular weight excluding hydrogens is 266 g/mol. The first-order valence-electron chi connectivity index (χ1n) is 7.54. The van der Waals surface area contributed by atoms with Crippen molar-refractivity contribution in [3.63, 3.8) is 0 Å². The van der Waals surface area contributed by atoms with Gasteiger partial charge >= 0.3 is 0 Å². The Hall–Kier alpha value is -2.18. The number of aromatic nitrogens is 5. The lowest BCUT2D eigenvalue weighted by Crippen LogP contribution is -2.22. The number of nitrogens with one attached hydrogen (secondary N) is 1. The predicted octanol–water partition coefficient (Wildman–Crippen LogP) is 1.34. The highest BCUT2D eigenvalue weighted by atomic mass is 15.3. The van der Waals surface area contributed by atoms with E-state index in [-0.39, 0.29) is 0 Å². The van der Waals surface area contributed by atoms with Gasteiger partial charge in [-0.05, 0) is 19.3 Å². The highest BCUT2D eigenvalue weighted by molar-refractivity contribution is 5.44. The Kier molecular flexibility index (Phi) is 4.28. The first-order valence-corrected chi connectivity index (χ1v) is 7.54. The third-order valence-corrected chi connectivity index (χ3v) is 3.63. The Balaban J connectivity index is 1.66. The number of hydrogen-bond donors (Lipinski definition) is 1. The summed E-state index contributed by atoms with van der Waals surface area (Å²) < 4.78 is 1.80. The van der Waals surface area contributed by atoms with Crippen LogP contribution in [0.3, 0.4) is 0 Å². The maximum Gasteiger partial charge on any atom is 0.227 e. The molecule has 0 aliphatic carbocycles. The minimum atomic E-state index is 0.767. The van der Waals surface area contributed by atoms with E-state index in [0.717, 1.165) is 50.1 Å². The van der Waals surface area contributed by atoms with Gasteiger partial charge in [0.25, 0.3) is 0 Å². The van der Waals surface area contributed by atoms with Crippen molar-refractivity contribution >= 4 is 11.8 Å². The van der Waals surface area contributed by atoms with Crippen molar-refractivity contribution in [2.24, 2.45) is 0 Å². The molecule has 1 aliphatic rings.